The first-order valence-electron chi connectivity index (χ1n) is 19.2. The summed E-state index contributed by atoms with van der Waals surface area (Å²) in [4.78, 5) is 4.50. The fourth-order valence-electron chi connectivity index (χ4n) is 9.43. The Morgan fingerprint density at radius 3 is 1.61 bits per heavy atom. The predicted molar refractivity (Wildman–Crippen MR) is 207 cm³/mol. The van der Waals surface area contributed by atoms with Gasteiger partial charge in [0.1, 0.15) is 18.7 Å². The molecule has 6 aromatic carbocycles. The minimum Gasteiger partial charge on any atom is -1.00 e. The van der Waals surface area contributed by atoms with Crippen molar-refractivity contribution in [3.8, 4) is 22.6 Å². The van der Waals surface area contributed by atoms with Crippen molar-refractivity contribution in [2.45, 2.75) is 31.5 Å². The maximum atomic E-state index is 14.6. The van der Waals surface area contributed by atoms with E-state index < -0.39 is 120 Å². The molecule has 0 radical (unpaired) electrons. The lowest BCUT2D eigenvalue weighted by molar-refractivity contribution is -0.984. The molecule has 5 nitrogen and oxygen atoms in total. The van der Waals surface area contributed by atoms with Gasteiger partial charge in [0.25, 0.3) is 0 Å². The van der Waals surface area contributed by atoms with Gasteiger partial charge >= 0.3 is 0 Å². The molecule has 4 heterocycles. The lowest BCUT2D eigenvalue weighted by Crippen LogP contribution is -3.00. The number of rotatable bonds is 6. The maximum Gasteiger partial charge on any atom is 0.201 e. The number of quaternary nitrogens is 1. The van der Waals surface area contributed by atoms with Crippen LogP contribution in [0.5, 0.6) is 11.5 Å². The zero-order valence-electron chi connectivity index (χ0n) is 32.6. The molecule has 0 amide bonds. The number of hydrogen-bond donors (Lipinski definition) is 3. The topological polar surface area (TPSA) is 73.6 Å². The van der Waals surface area contributed by atoms with Crippen molar-refractivity contribution in [2.75, 3.05) is 13.1 Å². The van der Waals surface area contributed by atoms with Gasteiger partial charge in [0.05, 0.1) is 29.4 Å². The summed E-state index contributed by atoms with van der Waals surface area (Å²) in [5.74, 6) is -35.0. The quantitative estimate of drug-likeness (QED) is 0.0514. The van der Waals surface area contributed by atoms with Crippen molar-refractivity contribution in [1.29, 1.82) is 0 Å². The van der Waals surface area contributed by atoms with E-state index in [0.29, 0.717) is 11.8 Å². The van der Waals surface area contributed by atoms with Crippen LogP contribution >= 0.6 is 0 Å². The summed E-state index contributed by atoms with van der Waals surface area (Å²) in [5.41, 5.74) is -0.621. The SMILES string of the molecule is C=CC1C[N+]2(Cc3ccccc3)CCC1CC2[C@H](O)c1ccnc2ccccc12.Oc1c(F)c(F)c2c(F)c(F)c(F)c(F)c2c1-c1c(O)c(F)c(F)c2c(F)c(F)c(F)c(F)c12.[Cl-]. The van der Waals surface area contributed by atoms with Crippen LogP contribution in [0.2, 0.25) is 0 Å². The highest BCUT2D eigenvalue weighted by atomic mass is 35.5. The number of aromatic nitrogens is 1. The molecule has 334 valence electrons. The summed E-state index contributed by atoms with van der Waals surface area (Å²) in [5, 5.41) is 24.5. The Morgan fingerprint density at radius 1 is 0.625 bits per heavy atom. The number of halogens is 13. The van der Waals surface area contributed by atoms with Crippen LogP contribution in [0.15, 0.2) is 79.5 Å². The first kappa shape index (κ1) is 46.0. The van der Waals surface area contributed by atoms with Crippen LogP contribution in [0.3, 0.4) is 0 Å². The average Bonchev–Trinajstić information content (AvgIpc) is 3.30. The van der Waals surface area contributed by atoms with Gasteiger partial charge in [-0.05, 0) is 23.6 Å². The van der Waals surface area contributed by atoms with Gasteiger partial charge in [-0.25, -0.2) is 43.9 Å². The van der Waals surface area contributed by atoms with E-state index in [-0.39, 0.29) is 18.4 Å². The Balaban J connectivity index is 0.000000190. The molecule has 0 spiro atoms. The molecular formula is C46H31ClF12N2O3. The van der Waals surface area contributed by atoms with Gasteiger partial charge in [-0.2, -0.15) is 8.78 Å². The van der Waals surface area contributed by atoms with Crippen LogP contribution in [0.25, 0.3) is 43.6 Å². The van der Waals surface area contributed by atoms with Crippen molar-refractivity contribution in [3.63, 3.8) is 0 Å². The lowest BCUT2D eigenvalue weighted by atomic mass is 9.71. The largest absolute Gasteiger partial charge is 1.00 e. The fraction of sp³-hybridized carbons (Fsp3) is 0.196. The maximum absolute atomic E-state index is 14.6. The molecule has 4 unspecified atom stereocenters. The van der Waals surface area contributed by atoms with Gasteiger partial charge in [0, 0.05) is 57.8 Å². The molecule has 10 rings (SSSR count). The standard InChI is InChI=1S/C26H29N2O.C20H2F12O2.ClH/c1-2-20-18-28(17-19-8-4-3-5-9-19)15-13-21(20)16-25(28)26(29)23-12-14-27-24-11-7-6-10-22(23)24;21-7-1-3(19(33)17(31)11(25)5(1)9(23)15(29)13(7)27)4-2-6(12(26)18(32)20(4)34)10(24)16(30)14(28)8(2)22;/h2-12,14,20-21,25-26,29H,1,13,15-18H2;33-34H;1H/q+1;;/p-1/t20?,21?,25?,26-,28?;;/m1../s1. The number of pyridine rings is 1. The molecule has 64 heavy (non-hydrogen) atoms. The van der Waals surface area contributed by atoms with Crippen LogP contribution in [-0.4, -0.2) is 43.9 Å². The van der Waals surface area contributed by atoms with Crippen molar-refractivity contribution in [2.24, 2.45) is 11.8 Å². The first-order valence-corrected chi connectivity index (χ1v) is 19.2. The normalized spacial score (nSPS) is 19.7. The molecular weight excluding hydrogens is 892 g/mol. The third kappa shape index (κ3) is 7.04. The van der Waals surface area contributed by atoms with Gasteiger partial charge < -0.3 is 32.2 Å². The summed E-state index contributed by atoms with van der Waals surface area (Å²) < 4.78 is 171. The molecule has 3 aliphatic rings. The monoisotopic (exact) mass is 922 g/mol. The number of phenols is 2. The average molecular weight is 923 g/mol. The summed E-state index contributed by atoms with van der Waals surface area (Å²) >= 11 is 0. The third-order valence-electron chi connectivity index (χ3n) is 12.4. The van der Waals surface area contributed by atoms with E-state index >= 15 is 0 Å². The molecule has 3 N–H and O–H groups in total. The van der Waals surface area contributed by atoms with E-state index in [2.05, 4.69) is 54.0 Å². The van der Waals surface area contributed by atoms with Gasteiger partial charge in [-0.3, -0.25) is 4.98 Å². The predicted octanol–water partition coefficient (Wildman–Crippen LogP) is 8.62. The van der Waals surface area contributed by atoms with Gasteiger partial charge in [-0.15, -0.1) is 6.58 Å². The fourth-order valence-corrected chi connectivity index (χ4v) is 9.43. The number of aliphatic hydroxyl groups excluding tert-OH is 1. The smallest absolute Gasteiger partial charge is 0.201 e. The number of benzene rings is 6. The van der Waals surface area contributed by atoms with Crippen LogP contribution in [0.1, 0.15) is 30.1 Å². The Bertz CT molecular complexity index is 2890. The number of fused-ring (bicyclic) bond motifs is 6. The number of piperidine rings is 3. The molecule has 3 saturated heterocycles. The molecule has 1 aromatic heterocycles. The Morgan fingerprint density at radius 2 is 1.09 bits per heavy atom. The molecule has 3 aliphatic heterocycles. The van der Waals surface area contributed by atoms with Crippen molar-refractivity contribution < 1.29 is 84.9 Å². The number of phenolic OH excluding ortho intramolecular Hbond substituents is 2. The Kier molecular flexibility index (Phi) is 12.3. The highest BCUT2D eigenvalue weighted by Gasteiger charge is 2.54. The zero-order valence-corrected chi connectivity index (χ0v) is 33.4. The van der Waals surface area contributed by atoms with E-state index in [1.165, 1.54) is 12.0 Å². The van der Waals surface area contributed by atoms with Crippen LogP contribution < -0.4 is 12.4 Å². The van der Waals surface area contributed by atoms with Gasteiger partial charge in [-0.1, -0.05) is 54.6 Å². The van der Waals surface area contributed by atoms with Crippen LogP contribution in [0, 0.1) is 81.6 Å². The summed E-state index contributed by atoms with van der Waals surface area (Å²) in [6.45, 7) is 7.32. The lowest BCUT2D eigenvalue weighted by Gasteiger charge is -2.58. The van der Waals surface area contributed by atoms with E-state index in [9.17, 15) is 68.0 Å². The highest BCUT2D eigenvalue weighted by molar-refractivity contribution is 6.11. The van der Waals surface area contributed by atoms with Crippen LogP contribution in [0.4, 0.5) is 52.7 Å². The van der Waals surface area contributed by atoms with Gasteiger partial charge in [0.15, 0.2) is 69.7 Å². The third-order valence-corrected chi connectivity index (χ3v) is 12.4. The number of aliphatic hydroxyl groups is 1. The number of nitrogens with zero attached hydrogens (tertiary/aromatic N) is 2. The zero-order chi connectivity index (χ0) is 45.4. The summed E-state index contributed by atoms with van der Waals surface area (Å²) in [7, 11) is 0. The second kappa shape index (κ2) is 17.2. The minimum atomic E-state index is -2.73. The van der Waals surface area contributed by atoms with E-state index in [0.717, 1.165) is 47.0 Å². The second-order valence-corrected chi connectivity index (χ2v) is 15.6. The highest BCUT2D eigenvalue weighted by Crippen LogP contribution is 2.52. The Labute approximate surface area is 361 Å². The first-order chi connectivity index (χ1) is 29.9. The van der Waals surface area contributed by atoms with Crippen LogP contribution in [-0.2, 0) is 6.54 Å². The minimum absolute atomic E-state index is 0. The molecule has 3 fully saturated rings. The van der Waals surface area contributed by atoms with Gasteiger partial charge in [0.2, 0.25) is 11.6 Å². The van der Waals surface area contributed by atoms with Crippen molar-refractivity contribution >= 4 is 32.4 Å². The molecule has 0 saturated carbocycles. The number of aromatic hydroxyl groups is 2. The molecule has 7 aromatic rings. The summed E-state index contributed by atoms with van der Waals surface area (Å²) in [6, 6.07) is 21.2. The van der Waals surface area contributed by atoms with Crippen molar-refractivity contribution in [1.82, 2.24) is 4.98 Å². The summed E-state index contributed by atoms with van der Waals surface area (Å²) in [6.07, 6.45) is 5.79. The second-order valence-electron chi connectivity index (χ2n) is 15.6. The van der Waals surface area contributed by atoms with E-state index in [1.807, 2.05) is 30.5 Å². The van der Waals surface area contributed by atoms with E-state index in [1.54, 1.807) is 0 Å². The molecule has 0 aliphatic carbocycles. The number of para-hydroxylation sites is 1. The van der Waals surface area contributed by atoms with Crippen molar-refractivity contribution in [3.05, 3.63) is 160 Å². The molecule has 5 atom stereocenters. The number of hydrogen-bond acceptors (Lipinski definition) is 4. The van der Waals surface area contributed by atoms with E-state index in [4.69, 9.17) is 0 Å². The molecule has 18 heteroatoms. The Hall–Kier alpha value is -6.04. The molecule has 2 bridgehead atoms.